The van der Waals surface area contributed by atoms with Crippen molar-refractivity contribution in [3.63, 3.8) is 0 Å². The van der Waals surface area contributed by atoms with Crippen LogP contribution in [0.25, 0.3) is 0 Å². The first-order valence-corrected chi connectivity index (χ1v) is 6.18. The lowest BCUT2D eigenvalue weighted by Crippen LogP contribution is -2.22. The monoisotopic (exact) mass is 266 g/mol. The minimum atomic E-state index is -0.422. The van der Waals surface area contributed by atoms with Gasteiger partial charge in [0.1, 0.15) is 0 Å². The van der Waals surface area contributed by atoms with E-state index in [9.17, 15) is 14.9 Å². The van der Waals surface area contributed by atoms with Crippen LogP contribution in [0, 0.1) is 10.1 Å². The number of carbonyl (C=O) groups excluding carboxylic acids is 1. The lowest BCUT2D eigenvalue weighted by atomic mass is 10.1. The molecular weight excluding hydrogens is 248 g/mol. The molecule has 1 aromatic carbocycles. The highest BCUT2D eigenvalue weighted by atomic mass is 16.6. The van der Waals surface area contributed by atoms with Crippen LogP contribution in [0.3, 0.4) is 0 Å². The number of non-ortho nitro benzene ring substituents is 1. The molecule has 0 saturated heterocycles. The fourth-order valence-corrected chi connectivity index (χ4v) is 1.65. The molecule has 0 fully saturated rings. The second-order valence-corrected chi connectivity index (χ2v) is 4.08. The Morgan fingerprint density at radius 1 is 1.53 bits per heavy atom. The second-order valence-electron chi connectivity index (χ2n) is 4.08. The van der Waals surface area contributed by atoms with E-state index in [1.54, 1.807) is 13.0 Å². The number of carbonyl (C=O) groups is 1. The van der Waals surface area contributed by atoms with E-state index >= 15 is 0 Å². The highest BCUT2D eigenvalue weighted by molar-refractivity contribution is 5.69. The molecule has 0 aliphatic rings. The largest absolute Gasteiger partial charge is 0.466 e. The van der Waals surface area contributed by atoms with Crippen molar-refractivity contribution in [2.45, 2.75) is 26.3 Å². The highest BCUT2D eigenvalue weighted by Gasteiger charge is 2.11. The van der Waals surface area contributed by atoms with Crippen LogP contribution in [0.5, 0.6) is 0 Å². The summed E-state index contributed by atoms with van der Waals surface area (Å²) in [5.41, 5.74) is 0.884. The van der Waals surface area contributed by atoms with Crippen molar-refractivity contribution in [3.05, 3.63) is 39.9 Å². The van der Waals surface area contributed by atoms with Crippen LogP contribution in [0.2, 0.25) is 0 Å². The summed E-state index contributed by atoms with van der Waals surface area (Å²) < 4.78 is 4.81. The molecule has 0 aliphatic carbocycles. The molecule has 0 bridgehead atoms. The Kier molecular flexibility index (Phi) is 5.95. The van der Waals surface area contributed by atoms with E-state index in [0.29, 0.717) is 13.2 Å². The molecule has 0 aromatic heterocycles. The first-order chi connectivity index (χ1) is 9.04. The van der Waals surface area contributed by atoms with E-state index in [1.807, 2.05) is 13.0 Å². The first kappa shape index (κ1) is 15.1. The average molecular weight is 266 g/mol. The summed E-state index contributed by atoms with van der Waals surface area (Å²) in [6.45, 7) is 4.50. The fourth-order valence-electron chi connectivity index (χ4n) is 1.65. The molecule has 1 rings (SSSR count). The van der Waals surface area contributed by atoms with Gasteiger partial charge in [0.25, 0.3) is 5.69 Å². The second kappa shape index (κ2) is 7.48. The summed E-state index contributed by atoms with van der Waals surface area (Å²) >= 11 is 0. The molecule has 0 aliphatic heterocycles. The zero-order chi connectivity index (χ0) is 14.3. The number of benzene rings is 1. The van der Waals surface area contributed by atoms with Crippen molar-refractivity contribution in [2.24, 2.45) is 0 Å². The van der Waals surface area contributed by atoms with E-state index < -0.39 is 4.92 Å². The molecule has 104 valence electrons. The Hall–Kier alpha value is -1.95. The maximum Gasteiger partial charge on any atom is 0.307 e. The van der Waals surface area contributed by atoms with Gasteiger partial charge in [0.15, 0.2) is 0 Å². The molecule has 0 amide bonds. The standard InChI is InChI=1S/C13H18N2O4/c1-3-19-13(16)7-8-14-10(2)11-5-4-6-12(9-11)15(17)18/h4-6,9-10,14H,3,7-8H2,1-2H3. The van der Waals surface area contributed by atoms with Crippen LogP contribution in [-0.2, 0) is 9.53 Å². The van der Waals surface area contributed by atoms with Gasteiger partial charge in [-0.05, 0) is 19.4 Å². The van der Waals surface area contributed by atoms with E-state index in [-0.39, 0.29) is 24.1 Å². The molecule has 6 heteroatoms. The molecule has 0 heterocycles. The van der Waals surface area contributed by atoms with Crippen molar-refractivity contribution in [2.75, 3.05) is 13.2 Å². The molecule has 1 unspecified atom stereocenters. The van der Waals surface area contributed by atoms with Gasteiger partial charge in [-0.25, -0.2) is 0 Å². The van der Waals surface area contributed by atoms with Crippen molar-refractivity contribution in [1.82, 2.24) is 5.32 Å². The SMILES string of the molecule is CCOC(=O)CCNC(C)c1cccc([N+](=O)[O-])c1. The lowest BCUT2D eigenvalue weighted by molar-refractivity contribution is -0.384. The van der Waals surface area contributed by atoms with E-state index in [2.05, 4.69) is 5.32 Å². The molecular formula is C13H18N2O4. The third kappa shape index (κ3) is 5.05. The van der Waals surface area contributed by atoms with Crippen molar-refractivity contribution < 1.29 is 14.5 Å². The Morgan fingerprint density at radius 2 is 2.26 bits per heavy atom. The average Bonchev–Trinajstić information content (AvgIpc) is 2.39. The third-order valence-corrected chi connectivity index (χ3v) is 2.67. The minimum Gasteiger partial charge on any atom is -0.466 e. The van der Waals surface area contributed by atoms with Crippen molar-refractivity contribution in [1.29, 1.82) is 0 Å². The number of ether oxygens (including phenoxy) is 1. The number of nitro benzene ring substituents is 1. The summed E-state index contributed by atoms with van der Waals surface area (Å²) in [4.78, 5) is 21.4. The number of hydrogen-bond donors (Lipinski definition) is 1. The molecule has 1 N–H and O–H groups in total. The topological polar surface area (TPSA) is 81.5 Å². The van der Waals surface area contributed by atoms with E-state index in [0.717, 1.165) is 5.56 Å². The van der Waals surface area contributed by atoms with E-state index in [4.69, 9.17) is 4.74 Å². The molecule has 19 heavy (non-hydrogen) atoms. The van der Waals surface area contributed by atoms with Crippen LogP contribution >= 0.6 is 0 Å². The number of nitrogens with one attached hydrogen (secondary N) is 1. The van der Waals surface area contributed by atoms with Crippen molar-refractivity contribution in [3.8, 4) is 0 Å². The Balaban J connectivity index is 2.49. The number of nitrogens with zero attached hydrogens (tertiary/aromatic N) is 1. The maximum atomic E-state index is 11.2. The predicted octanol–water partition coefficient (Wildman–Crippen LogP) is 2.20. The zero-order valence-corrected chi connectivity index (χ0v) is 11.1. The maximum absolute atomic E-state index is 11.2. The lowest BCUT2D eigenvalue weighted by Gasteiger charge is -2.13. The summed E-state index contributed by atoms with van der Waals surface area (Å²) in [7, 11) is 0. The summed E-state index contributed by atoms with van der Waals surface area (Å²) in [5, 5.41) is 13.8. The Morgan fingerprint density at radius 3 is 2.89 bits per heavy atom. The van der Waals surface area contributed by atoms with Crippen LogP contribution in [-0.4, -0.2) is 24.0 Å². The van der Waals surface area contributed by atoms with Crippen LogP contribution in [0.1, 0.15) is 31.9 Å². The summed E-state index contributed by atoms with van der Waals surface area (Å²) in [5.74, 6) is -0.249. The number of esters is 1. The predicted molar refractivity (Wildman–Crippen MR) is 70.8 cm³/mol. The van der Waals surface area contributed by atoms with Gasteiger partial charge in [-0.15, -0.1) is 0 Å². The quantitative estimate of drug-likeness (QED) is 0.465. The summed E-state index contributed by atoms with van der Waals surface area (Å²) in [6, 6.07) is 6.39. The van der Waals surface area contributed by atoms with Gasteiger partial charge in [-0.2, -0.15) is 0 Å². The molecule has 0 spiro atoms. The van der Waals surface area contributed by atoms with Crippen LogP contribution in [0.4, 0.5) is 5.69 Å². The van der Waals surface area contributed by atoms with E-state index in [1.165, 1.54) is 12.1 Å². The van der Waals surface area contributed by atoms with Gasteiger partial charge in [-0.1, -0.05) is 12.1 Å². The molecule has 1 aromatic rings. The van der Waals surface area contributed by atoms with Gasteiger partial charge >= 0.3 is 5.97 Å². The Labute approximate surface area is 111 Å². The minimum absolute atomic E-state index is 0.0608. The molecule has 6 nitrogen and oxygen atoms in total. The Bertz CT molecular complexity index is 448. The number of rotatable bonds is 7. The van der Waals surface area contributed by atoms with Gasteiger partial charge in [0.2, 0.25) is 0 Å². The van der Waals surface area contributed by atoms with Crippen LogP contribution < -0.4 is 5.32 Å². The van der Waals surface area contributed by atoms with Gasteiger partial charge in [0, 0.05) is 24.7 Å². The summed E-state index contributed by atoms with van der Waals surface area (Å²) in [6.07, 6.45) is 0.285. The number of hydrogen-bond acceptors (Lipinski definition) is 5. The van der Waals surface area contributed by atoms with Gasteiger partial charge in [0.05, 0.1) is 18.0 Å². The smallest absolute Gasteiger partial charge is 0.307 e. The highest BCUT2D eigenvalue weighted by Crippen LogP contribution is 2.18. The molecule has 0 saturated carbocycles. The third-order valence-electron chi connectivity index (χ3n) is 2.67. The van der Waals surface area contributed by atoms with Gasteiger partial charge < -0.3 is 10.1 Å². The number of nitro groups is 1. The van der Waals surface area contributed by atoms with Crippen LogP contribution in [0.15, 0.2) is 24.3 Å². The normalized spacial score (nSPS) is 11.9. The van der Waals surface area contributed by atoms with Gasteiger partial charge in [-0.3, -0.25) is 14.9 Å². The fraction of sp³-hybridized carbons (Fsp3) is 0.462. The molecule has 1 atom stereocenters. The van der Waals surface area contributed by atoms with Crippen molar-refractivity contribution >= 4 is 11.7 Å². The molecule has 0 radical (unpaired) electrons. The zero-order valence-electron chi connectivity index (χ0n) is 11.1. The first-order valence-electron chi connectivity index (χ1n) is 6.18.